The molecule has 0 saturated carbocycles. The summed E-state index contributed by atoms with van der Waals surface area (Å²) in [6, 6.07) is 3.18. The van der Waals surface area contributed by atoms with Crippen molar-refractivity contribution >= 4 is 5.97 Å². The summed E-state index contributed by atoms with van der Waals surface area (Å²) in [5.41, 5.74) is 2.04. The number of methoxy groups -OCH3 is 2. The van der Waals surface area contributed by atoms with Gasteiger partial charge in [0.1, 0.15) is 0 Å². The molecule has 0 unspecified atom stereocenters. The smallest absolute Gasteiger partial charge is 0.338 e. The Kier molecular flexibility index (Phi) is 5.42. The molecule has 4 nitrogen and oxygen atoms in total. The minimum atomic E-state index is -0.459. The summed E-state index contributed by atoms with van der Waals surface area (Å²) in [5, 5.41) is 10.2. The van der Waals surface area contributed by atoms with Crippen LogP contribution in [0.3, 0.4) is 0 Å². The van der Waals surface area contributed by atoms with Crippen LogP contribution in [0.4, 0.5) is 0 Å². The molecule has 1 aromatic rings. The van der Waals surface area contributed by atoms with E-state index < -0.39 is 5.97 Å². The van der Waals surface area contributed by atoms with Crippen molar-refractivity contribution in [1.29, 1.82) is 0 Å². The first-order valence-corrected chi connectivity index (χ1v) is 6.20. The summed E-state index contributed by atoms with van der Waals surface area (Å²) in [6.07, 6.45) is 3.34. The predicted molar refractivity (Wildman–Crippen MR) is 73.8 cm³/mol. The molecule has 0 saturated heterocycles. The number of phenolic OH excluding ortho intramolecular Hbond substituents is 1. The molecule has 0 atom stereocenters. The van der Waals surface area contributed by atoms with E-state index in [1.165, 1.54) is 14.2 Å². The minimum absolute atomic E-state index is 0.00167. The first-order chi connectivity index (χ1) is 9.08. The number of rotatable bonds is 5. The SMILES string of the molecule is CC=C(CC)Cc1c(C(=O)OC)ccc(OC)c1O. The molecule has 0 aliphatic carbocycles. The molecule has 0 bridgehead atoms. The summed E-state index contributed by atoms with van der Waals surface area (Å²) < 4.78 is 9.83. The van der Waals surface area contributed by atoms with Gasteiger partial charge in [0.2, 0.25) is 0 Å². The first kappa shape index (κ1) is 15.1. The zero-order valence-electron chi connectivity index (χ0n) is 11.8. The van der Waals surface area contributed by atoms with Crippen LogP contribution in [0, 0.1) is 0 Å². The molecule has 1 rings (SSSR count). The van der Waals surface area contributed by atoms with Gasteiger partial charge >= 0.3 is 5.97 Å². The zero-order chi connectivity index (χ0) is 14.4. The summed E-state index contributed by atoms with van der Waals surface area (Å²) in [5.74, 6) is -0.105. The molecule has 0 spiro atoms. The van der Waals surface area contributed by atoms with E-state index in [-0.39, 0.29) is 5.75 Å². The summed E-state index contributed by atoms with van der Waals surface area (Å²) in [7, 11) is 2.80. The Morgan fingerprint density at radius 3 is 2.53 bits per heavy atom. The molecule has 0 radical (unpaired) electrons. The lowest BCUT2D eigenvalue weighted by atomic mass is 9.96. The van der Waals surface area contributed by atoms with Gasteiger partial charge in [-0.2, -0.15) is 0 Å². The highest BCUT2D eigenvalue weighted by Crippen LogP contribution is 2.34. The van der Waals surface area contributed by atoms with Crippen LogP contribution >= 0.6 is 0 Å². The third-order valence-corrected chi connectivity index (χ3v) is 3.14. The molecule has 0 aromatic heterocycles. The lowest BCUT2D eigenvalue weighted by Crippen LogP contribution is -2.07. The Bertz CT molecular complexity index is 489. The number of benzene rings is 1. The second kappa shape index (κ2) is 6.83. The standard InChI is InChI=1S/C15H20O4/c1-5-10(6-2)9-12-11(15(17)19-4)7-8-13(18-3)14(12)16/h5,7-8,16H,6,9H2,1-4H3. The number of carbonyl (C=O) groups is 1. The van der Waals surface area contributed by atoms with E-state index in [0.29, 0.717) is 23.3 Å². The number of hydrogen-bond acceptors (Lipinski definition) is 4. The highest BCUT2D eigenvalue weighted by Gasteiger charge is 2.19. The van der Waals surface area contributed by atoms with Crippen molar-refractivity contribution in [3.8, 4) is 11.5 Å². The normalized spacial score (nSPS) is 11.3. The van der Waals surface area contributed by atoms with Gasteiger partial charge in [0.05, 0.1) is 19.8 Å². The lowest BCUT2D eigenvalue weighted by molar-refractivity contribution is 0.0599. The monoisotopic (exact) mass is 264 g/mol. The Morgan fingerprint density at radius 2 is 2.05 bits per heavy atom. The van der Waals surface area contributed by atoms with Crippen LogP contribution in [0.1, 0.15) is 36.2 Å². The van der Waals surface area contributed by atoms with Crippen LogP contribution in [-0.4, -0.2) is 25.3 Å². The fourth-order valence-electron chi connectivity index (χ4n) is 1.92. The van der Waals surface area contributed by atoms with Gasteiger partial charge in [-0.25, -0.2) is 4.79 Å². The van der Waals surface area contributed by atoms with Crippen LogP contribution in [-0.2, 0) is 11.2 Å². The molecule has 4 heteroatoms. The van der Waals surface area contributed by atoms with E-state index in [1.807, 2.05) is 19.9 Å². The van der Waals surface area contributed by atoms with Crippen molar-refractivity contribution in [3.05, 3.63) is 34.9 Å². The van der Waals surface area contributed by atoms with Crippen LogP contribution in [0.25, 0.3) is 0 Å². The topological polar surface area (TPSA) is 55.8 Å². The third kappa shape index (κ3) is 3.28. The number of esters is 1. The summed E-state index contributed by atoms with van der Waals surface area (Å²) >= 11 is 0. The molecule has 0 heterocycles. The Balaban J connectivity index is 3.33. The van der Waals surface area contributed by atoms with E-state index in [9.17, 15) is 9.90 Å². The van der Waals surface area contributed by atoms with Crippen molar-refractivity contribution in [3.63, 3.8) is 0 Å². The third-order valence-electron chi connectivity index (χ3n) is 3.14. The van der Waals surface area contributed by atoms with E-state index in [0.717, 1.165) is 12.0 Å². The highest BCUT2D eigenvalue weighted by atomic mass is 16.5. The van der Waals surface area contributed by atoms with Crippen LogP contribution in [0.15, 0.2) is 23.8 Å². The number of hydrogen-bond donors (Lipinski definition) is 1. The van der Waals surface area contributed by atoms with Crippen molar-refractivity contribution in [1.82, 2.24) is 0 Å². The second-order valence-corrected chi connectivity index (χ2v) is 4.11. The molecular weight excluding hydrogens is 244 g/mol. The van der Waals surface area contributed by atoms with Crippen LogP contribution < -0.4 is 4.74 Å². The van der Waals surface area contributed by atoms with Gasteiger partial charge in [0, 0.05) is 5.56 Å². The number of ether oxygens (including phenoxy) is 2. The Labute approximate surface area is 113 Å². The van der Waals surface area contributed by atoms with E-state index in [2.05, 4.69) is 0 Å². The summed E-state index contributed by atoms with van der Waals surface area (Å²) in [4.78, 5) is 11.8. The predicted octanol–water partition coefficient (Wildman–Crippen LogP) is 3.09. The fraction of sp³-hybridized carbons (Fsp3) is 0.400. The molecule has 1 N–H and O–H groups in total. The average molecular weight is 264 g/mol. The number of carbonyl (C=O) groups excluding carboxylic acids is 1. The van der Waals surface area contributed by atoms with Gasteiger partial charge in [-0.15, -0.1) is 0 Å². The van der Waals surface area contributed by atoms with Gasteiger partial charge < -0.3 is 14.6 Å². The lowest BCUT2D eigenvalue weighted by Gasteiger charge is -2.14. The maximum absolute atomic E-state index is 11.8. The van der Waals surface area contributed by atoms with Gasteiger partial charge in [0.25, 0.3) is 0 Å². The average Bonchev–Trinajstić information content (AvgIpc) is 2.45. The van der Waals surface area contributed by atoms with Crippen LogP contribution in [0.2, 0.25) is 0 Å². The quantitative estimate of drug-likeness (QED) is 0.656. The van der Waals surface area contributed by atoms with Gasteiger partial charge in [-0.1, -0.05) is 18.6 Å². The number of aromatic hydroxyl groups is 1. The van der Waals surface area contributed by atoms with Gasteiger partial charge in [-0.3, -0.25) is 0 Å². The molecule has 19 heavy (non-hydrogen) atoms. The molecular formula is C15H20O4. The molecule has 104 valence electrons. The van der Waals surface area contributed by atoms with Crippen molar-refractivity contribution in [2.24, 2.45) is 0 Å². The van der Waals surface area contributed by atoms with E-state index in [1.54, 1.807) is 12.1 Å². The Hall–Kier alpha value is -1.97. The largest absolute Gasteiger partial charge is 0.504 e. The van der Waals surface area contributed by atoms with E-state index in [4.69, 9.17) is 9.47 Å². The minimum Gasteiger partial charge on any atom is -0.504 e. The molecule has 1 aromatic carbocycles. The van der Waals surface area contributed by atoms with Gasteiger partial charge in [0.15, 0.2) is 11.5 Å². The molecule has 0 amide bonds. The number of phenols is 1. The number of allylic oxidation sites excluding steroid dienone is 2. The van der Waals surface area contributed by atoms with E-state index >= 15 is 0 Å². The fourth-order valence-corrected chi connectivity index (χ4v) is 1.92. The molecule has 0 aliphatic rings. The zero-order valence-corrected chi connectivity index (χ0v) is 11.8. The first-order valence-electron chi connectivity index (χ1n) is 6.20. The summed E-state index contributed by atoms with van der Waals surface area (Å²) in [6.45, 7) is 3.97. The molecule has 0 aliphatic heterocycles. The van der Waals surface area contributed by atoms with Crippen LogP contribution in [0.5, 0.6) is 11.5 Å². The highest BCUT2D eigenvalue weighted by molar-refractivity contribution is 5.92. The second-order valence-electron chi connectivity index (χ2n) is 4.11. The molecule has 0 fully saturated rings. The van der Waals surface area contributed by atoms with Crippen molar-refractivity contribution in [2.75, 3.05) is 14.2 Å². The van der Waals surface area contributed by atoms with Crippen molar-refractivity contribution in [2.45, 2.75) is 26.7 Å². The maximum Gasteiger partial charge on any atom is 0.338 e. The van der Waals surface area contributed by atoms with Crippen molar-refractivity contribution < 1.29 is 19.4 Å². The van der Waals surface area contributed by atoms with Gasteiger partial charge in [-0.05, 0) is 31.9 Å². The Morgan fingerprint density at radius 1 is 1.37 bits per heavy atom. The maximum atomic E-state index is 11.8.